The van der Waals surface area contributed by atoms with Gasteiger partial charge in [-0.05, 0) is 44.0 Å². The number of Topliss-reactive ketones (excluding diaryl/α,β-unsaturated/α-hetero) is 1. The van der Waals surface area contributed by atoms with E-state index >= 15 is 0 Å². The molecule has 2 rings (SSSR count). The fraction of sp³-hybridized carbons (Fsp3) is 0.444. The van der Waals surface area contributed by atoms with E-state index in [1.807, 2.05) is 4.90 Å². The van der Waals surface area contributed by atoms with Gasteiger partial charge in [0.05, 0.1) is 11.8 Å². The number of rotatable bonds is 7. The minimum absolute atomic E-state index is 0.00817. The van der Waals surface area contributed by atoms with Gasteiger partial charge in [0.25, 0.3) is 0 Å². The molecule has 0 amide bonds. The van der Waals surface area contributed by atoms with Crippen molar-refractivity contribution in [1.82, 2.24) is 4.90 Å². The molecule has 2 unspecified atom stereocenters. The number of nitrogens with two attached hydrogens (primary N) is 2. The normalized spacial score (nSPS) is 20.2. The van der Waals surface area contributed by atoms with E-state index in [2.05, 4.69) is 5.10 Å². The van der Waals surface area contributed by atoms with Crippen molar-refractivity contribution in [2.24, 2.45) is 16.7 Å². The summed E-state index contributed by atoms with van der Waals surface area (Å²) in [6.07, 6.45) is 4.18. The maximum absolute atomic E-state index is 12.4. The monoisotopic (exact) mass is 360 g/mol. The number of aliphatic carboxylic acids is 1. The summed E-state index contributed by atoms with van der Waals surface area (Å²) in [5.41, 5.74) is 3.62. The number of carbonyl (C=O) groups is 3. The summed E-state index contributed by atoms with van der Waals surface area (Å²) >= 11 is 0. The Kier molecular flexibility index (Phi) is 5.89. The fourth-order valence-electron chi connectivity index (χ4n) is 3.63. The first kappa shape index (κ1) is 19.7. The minimum Gasteiger partial charge on any atom is -0.479 e. The maximum atomic E-state index is 12.4. The average Bonchev–Trinajstić information content (AvgIpc) is 2.67. The zero-order valence-corrected chi connectivity index (χ0v) is 14.7. The number of piperidine rings is 1. The lowest BCUT2D eigenvalue weighted by Crippen LogP contribution is -2.73. The molecule has 0 spiro atoms. The number of aldehydes is 1. The quantitative estimate of drug-likeness (QED) is 0.158. The Labute approximate surface area is 151 Å². The molecule has 26 heavy (non-hydrogen) atoms. The highest BCUT2D eigenvalue weighted by Gasteiger charge is 2.60. The first-order valence-corrected chi connectivity index (χ1v) is 8.43. The summed E-state index contributed by atoms with van der Waals surface area (Å²) in [6.45, 7) is 2.78. The van der Waals surface area contributed by atoms with Crippen LogP contribution in [-0.4, -0.2) is 52.9 Å². The first-order chi connectivity index (χ1) is 12.3. The molecule has 140 valence electrons. The standard InChI is InChI=1S/C18H24N4O4/c1-17(22-9-3-2-4-10-22,18(19,16(25)26)15(24)12-23)14-7-5-13(6-8-14)11-21-20/h5-8,11-12H,2-4,9-10,19-20H2,1H3,(H,25,26). The van der Waals surface area contributed by atoms with Gasteiger partial charge in [0.1, 0.15) is 0 Å². The lowest BCUT2D eigenvalue weighted by atomic mass is 9.69. The van der Waals surface area contributed by atoms with Gasteiger partial charge in [-0.15, -0.1) is 0 Å². The first-order valence-electron chi connectivity index (χ1n) is 8.43. The lowest BCUT2D eigenvalue weighted by molar-refractivity contribution is -0.159. The third-order valence-electron chi connectivity index (χ3n) is 5.29. The van der Waals surface area contributed by atoms with Crippen LogP contribution in [0, 0.1) is 0 Å². The molecule has 0 saturated carbocycles. The Balaban J connectivity index is 2.66. The molecule has 1 heterocycles. The van der Waals surface area contributed by atoms with Crippen LogP contribution in [0.4, 0.5) is 0 Å². The third-order valence-corrected chi connectivity index (χ3v) is 5.29. The molecule has 1 saturated heterocycles. The van der Waals surface area contributed by atoms with Crippen LogP contribution >= 0.6 is 0 Å². The van der Waals surface area contributed by atoms with Gasteiger partial charge in [0, 0.05) is 0 Å². The summed E-state index contributed by atoms with van der Waals surface area (Å²) in [4.78, 5) is 37.6. The predicted molar refractivity (Wildman–Crippen MR) is 96.6 cm³/mol. The fourth-order valence-corrected chi connectivity index (χ4v) is 3.63. The van der Waals surface area contributed by atoms with Crippen LogP contribution in [0.2, 0.25) is 0 Å². The lowest BCUT2D eigenvalue weighted by Gasteiger charge is -2.50. The van der Waals surface area contributed by atoms with E-state index < -0.39 is 22.8 Å². The van der Waals surface area contributed by atoms with Crippen LogP contribution in [0.5, 0.6) is 0 Å². The minimum atomic E-state index is -2.41. The second kappa shape index (κ2) is 7.76. The van der Waals surface area contributed by atoms with Crippen LogP contribution in [-0.2, 0) is 19.9 Å². The van der Waals surface area contributed by atoms with Crippen LogP contribution in [0.1, 0.15) is 37.3 Å². The summed E-state index contributed by atoms with van der Waals surface area (Å²) in [5, 5.41) is 13.3. The van der Waals surface area contributed by atoms with Crippen molar-refractivity contribution in [2.75, 3.05) is 13.1 Å². The van der Waals surface area contributed by atoms with E-state index in [1.54, 1.807) is 31.2 Å². The smallest absolute Gasteiger partial charge is 0.334 e. The van der Waals surface area contributed by atoms with Crippen LogP contribution in [0.25, 0.3) is 0 Å². The molecule has 1 fully saturated rings. The number of ketones is 1. The zero-order chi connectivity index (χ0) is 19.4. The van der Waals surface area contributed by atoms with Crippen LogP contribution in [0.3, 0.4) is 0 Å². The molecular weight excluding hydrogens is 336 g/mol. The maximum Gasteiger partial charge on any atom is 0.334 e. The molecule has 0 aliphatic carbocycles. The zero-order valence-electron chi connectivity index (χ0n) is 14.7. The highest BCUT2D eigenvalue weighted by molar-refractivity contribution is 6.35. The van der Waals surface area contributed by atoms with Gasteiger partial charge in [-0.3, -0.25) is 14.5 Å². The van der Waals surface area contributed by atoms with E-state index in [1.165, 1.54) is 6.21 Å². The van der Waals surface area contributed by atoms with Crippen molar-refractivity contribution < 1.29 is 19.5 Å². The average molecular weight is 360 g/mol. The molecule has 1 aromatic rings. The van der Waals surface area contributed by atoms with E-state index in [4.69, 9.17) is 11.6 Å². The number of hydrogen-bond donors (Lipinski definition) is 3. The Morgan fingerprint density at radius 1 is 1.19 bits per heavy atom. The Morgan fingerprint density at radius 2 is 1.77 bits per heavy atom. The molecule has 0 radical (unpaired) electrons. The molecule has 5 N–H and O–H groups in total. The van der Waals surface area contributed by atoms with Crippen molar-refractivity contribution in [3.63, 3.8) is 0 Å². The number of hydrogen-bond acceptors (Lipinski definition) is 7. The number of carboxylic acids is 1. The topological polar surface area (TPSA) is 139 Å². The van der Waals surface area contributed by atoms with Crippen LogP contribution in [0.15, 0.2) is 29.4 Å². The van der Waals surface area contributed by atoms with Crippen molar-refractivity contribution in [1.29, 1.82) is 0 Å². The molecule has 0 aromatic heterocycles. The second-order valence-electron chi connectivity index (χ2n) is 6.62. The molecule has 1 aliphatic rings. The predicted octanol–water partition coefficient (Wildman–Crippen LogP) is 0.230. The SMILES string of the molecule is CC(c1ccc(C=NN)cc1)(N1CCCCC1)C(N)(C(=O)O)C(=O)C=O. The van der Waals surface area contributed by atoms with E-state index in [0.717, 1.165) is 24.8 Å². The van der Waals surface area contributed by atoms with E-state index in [-0.39, 0.29) is 6.29 Å². The van der Waals surface area contributed by atoms with Crippen LogP contribution < -0.4 is 11.6 Å². The van der Waals surface area contributed by atoms with Crippen molar-refractivity contribution in [3.8, 4) is 0 Å². The molecule has 1 aromatic carbocycles. The van der Waals surface area contributed by atoms with Crippen molar-refractivity contribution in [2.45, 2.75) is 37.3 Å². The summed E-state index contributed by atoms with van der Waals surface area (Å²) in [5.74, 6) is 2.45. The Morgan fingerprint density at radius 3 is 2.23 bits per heavy atom. The van der Waals surface area contributed by atoms with Crippen molar-refractivity contribution >= 4 is 24.3 Å². The molecule has 2 atom stereocenters. The highest BCUT2D eigenvalue weighted by atomic mass is 16.4. The largest absolute Gasteiger partial charge is 0.479 e. The Bertz CT molecular complexity index is 712. The highest BCUT2D eigenvalue weighted by Crippen LogP contribution is 2.40. The number of benzene rings is 1. The van der Waals surface area contributed by atoms with Crippen molar-refractivity contribution in [3.05, 3.63) is 35.4 Å². The number of likely N-dealkylation sites (tertiary alicyclic amines) is 1. The third kappa shape index (κ3) is 3.13. The van der Waals surface area contributed by atoms with Gasteiger partial charge >= 0.3 is 5.97 Å². The number of hydrazone groups is 1. The van der Waals surface area contributed by atoms with Gasteiger partial charge in [-0.2, -0.15) is 5.10 Å². The molecular formula is C18H24N4O4. The number of carboxylic acid groups (broad SMARTS) is 1. The number of nitrogens with zero attached hydrogens (tertiary/aromatic N) is 2. The van der Waals surface area contributed by atoms with Gasteiger partial charge in [-0.1, -0.05) is 30.7 Å². The molecule has 8 heteroatoms. The summed E-state index contributed by atoms with van der Waals surface area (Å²) in [7, 11) is 0. The number of carbonyl (C=O) groups excluding carboxylic acids is 2. The summed E-state index contributed by atoms with van der Waals surface area (Å²) in [6, 6.07) is 6.80. The molecule has 0 bridgehead atoms. The van der Waals surface area contributed by atoms with E-state index in [0.29, 0.717) is 18.7 Å². The van der Waals surface area contributed by atoms with Gasteiger partial charge in [0.2, 0.25) is 11.3 Å². The summed E-state index contributed by atoms with van der Waals surface area (Å²) < 4.78 is 0. The van der Waals surface area contributed by atoms with E-state index in [9.17, 15) is 19.5 Å². The van der Waals surface area contributed by atoms with Gasteiger partial charge in [-0.25, -0.2) is 4.79 Å². The second-order valence-corrected chi connectivity index (χ2v) is 6.62. The molecule has 8 nitrogen and oxygen atoms in total. The Hall–Kier alpha value is -2.58. The van der Waals surface area contributed by atoms with Gasteiger partial charge < -0.3 is 16.7 Å². The molecule has 1 aliphatic heterocycles. The van der Waals surface area contributed by atoms with Gasteiger partial charge in [0.15, 0.2) is 6.29 Å².